The molecular formula is C12H13ClN2S. The fourth-order valence-corrected chi connectivity index (χ4v) is 2.82. The third kappa shape index (κ3) is 2.43. The third-order valence-corrected chi connectivity index (χ3v) is 3.70. The van der Waals surface area contributed by atoms with Crippen LogP contribution in [-0.2, 0) is 0 Å². The van der Waals surface area contributed by atoms with E-state index in [1.165, 1.54) is 10.4 Å². The number of hydrogen-bond acceptors (Lipinski definition) is 3. The van der Waals surface area contributed by atoms with Crippen LogP contribution in [0.1, 0.15) is 22.2 Å². The first kappa shape index (κ1) is 11.6. The normalized spacial score (nSPS) is 12.7. The highest BCUT2D eigenvalue weighted by atomic mass is 35.5. The van der Waals surface area contributed by atoms with Gasteiger partial charge in [-0.1, -0.05) is 11.6 Å². The minimum absolute atomic E-state index is 0.123. The highest BCUT2D eigenvalue weighted by Gasteiger charge is 2.15. The van der Waals surface area contributed by atoms with Gasteiger partial charge < -0.3 is 5.32 Å². The van der Waals surface area contributed by atoms with Crippen LogP contribution in [0.2, 0.25) is 4.34 Å². The Hall–Kier alpha value is -0.900. The number of pyridine rings is 1. The molecule has 4 heteroatoms. The van der Waals surface area contributed by atoms with Crippen molar-refractivity contribution in [2.75, 3.05) is 7.05 Å². The van der Waals surface area contributed by atoms with Crippen LogP contribution in [0.4, 0.5) is 0 Å². The van der Waals surface area contributed by atoms with Crippen molar-refractivity contribution in [2.45, 2.75) is 13.0 Å². The third-order valence-electron chi connectivity index (χ3n) is 2.40. The van der Waals surface area contributed by atoms with Gasteiger partial charge in [0.15, 0.2) is 0 Å². The van der Waals surface area contributed by atoms with Crippen LogP contribution in [0.15, 0.2) is 30.5 Å². The summed E-state index contributed by atoms with van der Waals surface area (Å²) in [5, 5.41) is 3.26. The molecule has 0 saturated heterocycles. The van der Waals surface area contributed by atoms with Gasteiger partial charge in [-0.05, 0) is 43.8 Å². The van der Waals surface area contributed by atoms with Gasteiger partial charge in [0.1, 0.15) is 0 Å². The summed E-state index contributed by atoms with van der Waals surface area (Å²) in [5.41, 5.74) is 2.24. The van der Waals surface area contributed by atoms with E-state index >= 15 is 0 Å². The molecule has 84 valence electrons. The first-order chi connectivity index (χ1) is 7.70. The molecule has 0 aromatic carbocycles. The molecule has 0 fully saturated rings. The molecule has 2 aromatic rings. The van der Waals surface area contributed by atoms with E-state index in [2.05, 4.69) is 23.3 Å². The monoisotopic (exact) mass is 252 g/mol. The first-order valence-electron chi connectivity index (χ1n) is 5.06. The van der Waals surface area contributed by atoms with Gasteiger partial charge in [0.2, 0.25) is 0 Å². The minimum Gasteiger partial charge on any atom is -0.307 e. The van der Waals surface area contributed by atoms with Gasteiger partial charge in [0, 0.05) is 11.1 Å². The maximum Gasteiger partial charge on any atom is 0.0931 e. The van der Waals surface area contributed by atoms with Crippen molar-refractivity contribution >= 4 is 22.9 Å². The predicted octanol–water partition coefficient (Wildman–Crippen LogP) is 3.41. The van der Waals surface area contributed by atoms with Crippen molar-refractivity contribution in [3.05, 3.63) is 50.9 Å². The molecule has 0 amide bonds. The summed E-state index contributed by atoms with van der Waals surface area (Å²) >= 11 is 7.53. The quantitative estimate of drug-likeness (QED) is 0.906. The standard InChI is InChI=1S/C12H13ClN2S/c1-8-5-6-15-9(7-8)12(14-2)10-3-4-11(13)16-10/h3-7,12,14H,1-2H3. The summed E-state index contributed by atoms with van der Waals surface area (Å²) in [6, 6.07) is 8.17. The van der Waals surface area contributed by atoms with Crippen LogP contribution in [0.3, 0.4) is 0 Å². The molecule has 1 unspecified atom stereocenters. The second kappa shape index (κ2) is 4.95. The van der Waals surface area contributed by atoms with Crippen LogP contribution in [0.25, 0.3) is 0 Å². The zero-order chi connectivity index (χ0) is 11.5. The molecule has 2 heterocycles. The topological polar surface area (TPSA) is 24.9 Å². The number of nitrogens with one attached hydrogen (secondary N) is 1. The molecule has 0 radical (unpaired) electrons. The average Bonchev–Trinajstić information content (AvgIpc) is 2.66. The van der Waals surface area contributed by atoms with Gasteiger partial charge in [-0.3, -0.25) is 4.98 Å². The van der Waals surface area contributed by atoms with E-state index in [4.69, 9.17) is 11.6 Å². The number of hydrogen-bond donors (Lipinski definition) is 1. The van der Waals surface area contributed by atoms with E-state index in [9.17, 15) is 0 Å². The molecule has 1 N–H and O–H groups in total. The van der Waals surface area contributed by atoms with E-state index in [0.717, 1.165) is 10.0 Å². The van der Waals surface area contributed by atoms with Gasteiger partial charge in [-0.25, -0.2) is 0 Å². The second-order valence-electron chi connectivity index (χ2n) is 3.62. The molecule has 2 rings (SSSR count). The Balaban J connectivity index is 2.36. The molecule has 2 aromatic heterocycles. The average molecular weight is 253 g/mol. The van der Waals surface area contributed by atoms with Crippen LogP contribution in [-0.4, -0.2) is 12.0 Å². The lowest BCUT2D eigenvalue weighted by molar-refractivity contribution is 0.681. The van der Waals surface area contributed by atoms with Gasteiger partial charge in [0.05, 0.1) is 16.1 Å². The summed E-state index contributed by atoms with van der Waals surface area (Å²) in [7, 11) is 1.93. The minimum atomic E-state index is 0.123. The highest BCUT2D eigenvalue weighted by molar-refractivity contribution is 7.16. The highest BCUT2D eigenvalue weighted by Crippen LogP contribution is 2.30. The van der Waals surface area contributed by atoms with Gasteiger partial charge in [0.25, 0.3) is 0 Å². The van der Waals surface area contributed by atoms with Crippen molar-refractivity contribution in [3.63, 3.8) is 0 Å². The van der Waals surface area contributed by atoms with Gasteiger partial charge in [-0.15, -0.1) is 11.3 Å². The summed E-state index contributed by atoms with van der Waals surface area (Å²) in [4.78, 5) is 5.58. The van der Waals surface area contributed by atoms with E-state index in [0.29, 0.717) is 0 Å². The molecule has 16 heavy (non-hydrogen) atoms. The molecule has 0 aliphatic carbocycles. The molecule has 1 atom stereocenters. The molecule has 0 aliphatic heterocycles. The van der Waals surface area contributed by atoms with Crippen LogP contribution >= 0.6 is 22.9 Å². The van der Waals surface area contributed by atoms with Gasteiger partial charge in [-0.2, -0.15) is 0 Å². The smallest absolute Gasteiger partial charge is 0.0931 e. The van der Waals surface area contributed by atoms with Gasteiger partial charge >= 0.3 is 0 Å². The maximum atomic E-state index is 5.95. The Morgan fingerprint density at radius 2 is 2.19 bits per heavy atom. The Labute approximate surface area is 104 Å². The van der Waals surface area contributed by atoms with Crippen molar-refractivity contribution in [1.29, 1.82) is 0 Å². The zero-order valence-electron chi connectivity index (χ0n) is 9.20. The van der Waals surface area contributed by atoms with Crippen LogP contribution in [0, 0.1) is 6.92 Å². The SMILES string of the molecule is CNC(c1cc(C)ccn1)c1ccc(Cl)s1. The van der Waals surface area contributed by atoms with E-state index in [1.54, 1.807) is 11.3 Å². The van der Waals surface area contributed by atoms with Crippen molar-refractivity contribution in [1.82, 2.24) is 10.3 Å². The first-order valence-corrected chi connectivity index (χ1v) is 6.25. The van der Waals surface area contributed by atoms with Crippen LogP contribution < -0.4 is 5.32 Å². The molecule has 0 spiro atoms. The molecule has 0 bridgehead atoms. The summed E-state index contributed by atoms with van der Waals surface area (Å²) < 4.78 is 0.808. The molecule has 0 aliphatic rings. The lowest BCUT2D eigenvalue weighted by atomic mass is 10.1. The van der Waals surface area contributed by atoms with Crippen LogP contribution in [0.5, 0.6) is 0 Å². The van der Waals surface area contributed by atoms with Crippen molar-refractivity contribution in [3.8, 4) is 0 Å². The van der Waals surface area contributed by atoms with E-state index < -0.39 is 0 Å². The fourth-order valence-electron chi connectivity index (χ4n) is 1.64. The molecule has 0 saturated carbocycles. The number of aromatic nitrogens is 1. The molecule has 2 nitrogen and oxygen atoms in total. The summed E-state index contributed by atoms with van der Waals surface area (Å²) in [5.74, 6) is 0. The summed E-state index contributed by atoms with van der Waals surface area (Å²) in [6.45, 7) is 2.07. The number of nitrogens with zero attached hydrogens (tertiary/aromatic N) is 1. The lowest BCUT2D eigenvalue weighted by Gasteiger charge is -2.14. The van der Waals surface area contributed by atoms with E-state index in [-0.39, 0.29) is 6.04 Å². The predicted molar refractivity (Wildman–Crippen MR) is 69.2 cm³/mol. The summed E-state index contributed by atoms with van der Waals surface area (Å²) in [6.07, 6.45) is 1.84. The Morgan fingerprint density at radius 3 is 2.75 bits per heavy atom. The Morgan fingerprint density at radius 1 is 1.38 bits per heavy atom. The second-order valence-corrected chi connectivity index (χ2v) is 5.37. The van der Waals surface area contributed by atoms with E-state index in [1.807, 2.05) is 31.4 Å². The lowest BCUT2D eigenvalue weighted by Crippen LogP contribution is -2.17. The fraction of sp³-hybridized carbons (Fsp3) is 0.250. The Bertz CT molecular complexity index is 481. The van der Waals surface area contributed by atoms with Crippen molar-refractivity contribution in [2.24, 2.45) is 0 Å². The largest absolute Gasteiger partial charge is 0.307 e. The number of aryl methyl sites for hydroxylation is 1. The number of rotatable bonds is 3. The number of thiophene rings is 1. The Kier molecular flexibility index (Phi) is 3.59. The maximum absolute atomic E-state index is 5.95. The molecular weight excluding hydrogens is 240 g/mol. The zero-order valence-corrected chi connectivity index (χ0v) is 10.8. The van der Waals surface area contributed by atoms with Crippen molar-refractivity contribution < 1.29 is 0 Å². The number of halogens is 1.